The summed E-state index contributed by atoms with van der Waals surface area (Å²) >= 11 is 1.63. The van der Waals surface area contributed by atoms with E-state index in [9.17, 15) is 4.79 Å². The summed E-state index contributed by atoms with van der Waals surface area (Å²) in [6, 6.07) is 0.104. The molecule has 2 fully saturated rings. The molecule has 1 atom stereocenters. The summed E-state index contributed by atoms with van der Waals surface area (Å²) in [6.07, 6.45) is 1.93. The van der Waals surface area contributed by atoms with Crippen molar-refractivity contribution in [2.75, 3.05) is 19.7 Å². The van der Waals surface area contributed by atoms with E-state index in [1.165, 1.54) is 0 Å². The van der Waals surface area contributed by atoms with Gasteiger partial charge in [0.05, 0.1) is 28.9 Å². The number of ether oxygens (including phenoxy) is 1. The molecule has 2 aliphatic heterocycles. The van der Waals surface area contributed by atoms with E-state index in [1.54, 1.807) is 11.3 Å². The van der Waals surface area contributed by atoms with E-state index in [4.69, 9.17) is 4.74 Å². The number of carbonyl (C=O) groups is 1. The molecule has 1 aromatic rings. The van der Waals surface area contributed by atoms with Gasteiger partial charge in [0.25, 0.3) is 0 Å². The van der Waals surface area contributed by atoms with Crippen LogP contribution in [0, 0.1) is 6.92 Å². The van der Waals surface area contributed by atoms with E-state index >= 15 is 0 Å². The first-order valence-corrected chi connectivity index (χ1v) is 8.04. The molecule has 0 saturated carbocycles. The highest BCUT2D eigenvalue weighted by Gasteiger charge is 2.46. The van der Waals surface area contributed by atoms with Crippen molar-refractivity contribution >= 4 is 17.2 Å². The third-order valence-electron chi connectivity index (χ3n) is 4.48. The molecule has 1 unspecified atom stereocenters. The van der Waals surface area contributed by atoms with Crippen molar-refractivity contribution in [1.29, 1.82) is 0 Å². The van der Waals surface area contributed by atoms with Crippen LogP contribution < -0.4 is 5.32 Å². The second-order valence-electron chi connectivity index (χ2n) is 5.66. The molecule has 2 saturated heterocycles. The summed E-state index contributed by atoms with van der Waals surface area (Å²) in [5.41, 5.74) is 0.809. The van der Waals surface area contributed by atoms with Gasteiger partial charge in [0, 0.05) is 5.38 Å². The first-order chi connectivity index (χ1) is 9.61. The molecule has 5 nitrogen and oxygen atoms in total. The zero-order valence-corrected chi connectivity index (χ0v) is 12.8. The monoisotopic (exact) mass is 295 g/mol. The Labute approximate surface area is 123 Å². The number of rotatable bonds is 2. The van der Waals surface area contributed by atoms with Crippen LogP contribution in [0.3, 0.4) is 0 Å². The third-order valence-corrected chi connectivity index (χ3v) is 5.30. The number of piperidine rings is 1. The van der Waals surface area contributed by atoms with E-state index in [1.807, 2.05) is 17.2 Å². The van der Waals surface area contributed by atoms with Gasteiger partial charge in [-0.25, -0.2) is 4.98 Å². The minimum absolute atomic E-state index is 0.0762. The SMILES string of the molecule is Cc1nc(CN2C(=O)COC3(CCNCC3)C2C)cs1. The molecule has 3 heterocycles. The van der Waals surface area contributed by atoms with Crippen molar-refractivity contribution in [3.63, 3.8) is 0 Å². The molecule has 1 N–H and O–H groups in total. The first-order valence-electron chi connectivity index (χ1n) is 7.16. The number of aryl methyl sites for hydroxylation is 1. The Hall–Kier alpha value is -0.980. The summed E-state index contributed by atoms with van der Waals surface area (Å²) in [5, 5.41) is 6.45. The van der Waals surface area contributed by atoms with Gasteiger partial charge in [-0.2, -0.15) is 0 Å². The van der Waals surface area contributed by atoms with Crippen molar-refractivity contribution in [2.45, 2.75) is 44.9 Å². The van der Waals surface area contributed by atoms with Gasteiger partial charge >= 0.3 is 0 Å². The zero-order chi connectivity index (χ0) is 14.2. The quantitative estimate of drug-likeness (QED) is 0.894. The van der Waals surface area contributed by atoms with E-state index in [-0.39, 0.29) is 24.2 Å². The second kappa shape index (κ2) is 5.42. The van der Waals surface area contributed by atoms with Gasteiger partial charge < -0.3 is 15.0 Å². The number of aromatic nitrogens is 1. The average molecular weight is 295 g/mol. The Morgan fingerprint density at radius 2 is 2.30 bits per heavy atom. The van der Waals surface area contributed by atoms with Crippen molar-refractivity contribution in [3.8, 4) is 0 Å². The highest BCUT2D eigenvalue weighted by Crippen LogP contribution is 2.34. The van der Waals surface area contributed by atoms with Gasteiger partial charge in [0.1, 0.15) is 6.61 Å². The fourth-order valence-corrected chi connectivity index (χ4v) is 3.81. The topological polar surface area (TPSA) is 54.5 Å². The lowest BCUT2D eigenvalue weighted by molar-refractivity contribution is -0.183. The number of hydrogen-bond donors (Lipinski definition) is 1. The Balaban J connectivity index is 1.79. The molecular formula is C14H21N3O2S. The van der Waals surface area contributed by atoms with Crippen LogP contribution in [0.15, 0.2) is 5.38 Å². The van der Waals surface area contributed by atoms with Gasteiger partial charge in [0.15, 0.2) is 0 Å². The van der Waals surface area contributed by atoms with E-state index < -0.39 is 0 Å². The molecule has 1 aromatic heterocycles. The van der Waals surface area contributed by atoms with Crippen LogP contribution in [-0.2, 0) is 16.1 Å². The highest BCUT2D eigenvalue weighted by atomic mass is 32.1. The Morgan fingerprint density at radius 3 is 2.95 bits per heavy atom. The fourth-order valence-electron chi connectivity index (χ4n) is 3.20. The molecule has 2 aliphatic rings. The maximum Gasteiger partial charge on any atom is 0.249 e. The van der Waals surface area contributed by atoms with Crippen LogP contribution >= 0.6 is 11.3 Å². The predicted molar refractivity (Wildman–Crippen MR) is 77.6 cm³/mol. The van der Waals surface area contributed by atoms with Gasteiger partial charge in [0.2, 0.25) is 5.91 Å². The molecule has 3 rings (SSSR count). The van der Waals surface area contributed by atoms with Gasteiger partial charge in [-0.05, 0) is 39.8 Å². The average Bonchev–Trinajstić information content (AvgIpc) is 2.86. The number of amides is 1. The molecule has 1 amide bonds. The van der Waals surface area contributed by atoms with E-state index in [0.29, 0.717) is 6.54 Å². The summed E-state index contributed by atoms with van der Waals surface area (Å²) < 4.78 is 5.96. The van der Waals surface area contributed by atoms with Gasteiger partial charge in [-0.3, -0.25) is 4.79 Å². The second-order valence-corrected chi connectivity index (χ2v) is 6.72. The highest BCUT2D eigenvalue weighted by molar-refractivity contribution is 7.09. The van der Waals surface area contributed by atoms with Gasteiger partial charge in [-0.1, -0.05) is 0 Å². The van der Waals surface area contributed by atoms with E-state index in [2.05, 4.69) is 17.2 Å². The summed E-state index contributed by atoms with van der Waals surface area (Å²) in [7, 11) is 0. The molecule has 0 radical (unpaired) electrons. The zero-order valence-electron chi connectivity index (χ0n) is 12.0. The number of morpholine rings is 1. The van der Waals surface area contributed by atoms with Gasteiger partial charge in [-0.15, -0.1) is 11.3 Å². The largest absolute Gasteiger partial charge is 0.363 e. The van der Waals surface area contributed by atoms with Crippen LogP contribution in [-0.4, -0.2) is 47.1 Å². The number of hydrogen-bond acceptors (Lipinski definition) is 5. The van der Waals surface area contributed by atoms with Crippen molar-refractivity contribution in [3.05, 3.63) is 16.1 Å². The van der Waals surface area contributed by atoms with Crippen LogP contribution in [0.4, 0.5) is 0 Å². The van der Waals surface area contributed by atoms with Crippen LogP contribution in [0.25, 0.3) is 0 Å². The lowest BCUT2D eigenvalue weighted by Crippen LogP contribution is -2.63. The Kier molecular flexibility index (Phi) is 3.79. The number of nitrogens with one attached hydrogen (secondary N) is 1. The van der Waals surface area contributed by atoms with Crippen LogP contribution in [0.2, 0.25) is 0 Å². The maximum absolute atomic E-state index is 12.2. The van der Waals surface area contributed by atoms with Crippen molar-refractivity contribution in [1.82, 2.24) is 15.2 Å². The smallest absolute Gasteiger partial charge is 0.249 e. The lowest BCUT2D eigenvalue weighted by atomic mass is 9.83. The molecular weight excluding hydrogens is 274 g/mol. The summed E-state index contributed by atoms with van der Waals surface area (Å²) in [5.74, 6) is 0.0762. The van der Waals surface area contributed by atoms with Crippen LogP contribution in [0.5, 0.6) is 0 Å². The number of nitrogens with zero attached hydrogens (tertiary/aromatic N) is 2. The standard InChI is InChI=1S/C14H21N3O2S/c1-10-14(3-5-15-6-4-14)19-8-13(18)17(10)7-12-9-20-11(2)16-12/h9-10,15H,3-8H2,1-2H3. The maximum atomic E-state index is 12.2. The Bertz CT molecular complexity index is 496. The summed E-state index contributed by atoms with van der Waals surface area (Å²) in [4.78, 5) is 18.6. The van der Waals surface area contributed by atoms with Crippen molar-refractivity contribution in [2.24, 2.45) is 0 Å². The minimum Gasteiger partial charge on any atom is -0.363 e. The molecule has 0 bridgehead atoms. The molecule has 1 spiro atoms. The normalized spacial score (nSPS) is 26.2. The first kappa shape index (κ1) is 14.0. The van der Waals surface area contributed by atoms with E-state index in [0.717, 1.165) is 36.6 Å². The molecule has 6 heteroatoms. The predicted octanol–water partition coefficient (Wildman–Crippen LogP) is 1.32. The molecule has 110 valence electrons. The van der Waals surface area contributed by atoms with Crippen LogP contribution in [0.1, 0.15) is 30.5 Å². The lowest BCUT2D eigenvalue weighted by Gasteiger charge is -2.49. The van der Waals surface area contributed by atoms with Crippen molar-refractivity contribution < 1.29 is 9.53 Å². The minimum atomic E-state index is -0.176. The molecule has 0 aliphatic carbocycles. The number of thiazole rings is 1. The fraction of sp³-hybridized carbons (Fsp3) is 0.714. The summed E-state index contributed by atoms with van der Waals surface area (Å²) in [6.45, 7) is 6.83. The molecule has 0 aromatic carbocycles. The third kappa shape index (κ3) is 2.47. The number of carbonyl (C=O) groups excluding carboxylic acids is 1. The Morgan fingerprint density at radius 1 is 1.55 bits per heavy atom. The molecule has 20 heavy (non-hydrogen) atoms.